The highest BCUT2D eigenvalue weighted by Gasteiger charge is 2.37. The molecule has 1 unspecified atom stereocenters. The lowest BCUT2D eigenvalue weighted by molar-refractivity contribution is 0.178. The Morgan fingerprint density at radius 2 is 2.12 bits per heavy atom. The molecule has 0 amide bonds. The van der Waals surface area contributed by atoms with E-state index < -0.39 is 0 Å². The first kappa shape index (κ1) is 12.9. The normalized spacial score (nSPS) is 26.6. The molecule has 0 aromatic heterocycles. The molecule has 2 heteroatoms. The number of rotatable bonds is 3. The zero-order valence-electron chi connectivity index (χ0n) is 11.2. The van der Waals surface area contributed by atoms with Gasteiger partial charge in [0.05, 0.1) is 6.04 Å². The first-order valence-corrected chi connectivity index (χ1v) is 7.25. The number of hydrogen-bond acceptors (Lipinski definition) is 2. The lowest BCUT2D eigenvalue weighted by atomic mass is 9.96. The van der Waals surface area contributed by atoms with Gasteiger partial charge in [-0.25, -0.2) is 0 Å². The Balaban J connectivity index is 2.03. The molecule has 0 radical (unpaired) electrons. The predicted molar refractivity (Wildman–Crippen MR) is 72.9 cm³/mol. The Hall–Kier alpha value is -0.520. The van der Waals surface area contributed by atoms with Gasteiger partial charge in [-0.2, -0.15) is 0 Å². The maximum absolute atomic E-state index is 5.72. The Morgan fingerprint density at radius 1 is 1.35 bits per heavy atom. The van der Waals surface area contributed by atoms with Crippen LogP contribution in [-0.2, 0) is 0 Å². The van der Waals surface area contributed by atoms with E-state index in [1.54, 1.807) is 0 Å². The molecule has 2 aliphatic rings. The fourth-order valence-corrected chi connectivity index (χ4v) is 3.46. The summed E-state index contributed by atoms with van der Waals surface area (Å²) in [6.45, 7) is 5.73. The third-order valence-corrected chi connectivity index (χ3v) is 4.38. The molecule has 1 atom stereocenters. The molecule has 2 nitrogen and oxygen atoms in total. The second kappa shape index (κ2) is 5.89. The average Bonchev–Trinajstić information content (AvgIpc) is 2.68. The molecular formula is C15H26N2. The van der Waals surface area contributed by atoms with Crippen LogP contribution in [0, 0.1) is 12.3 Å². The van der Waals surface area contributed by atoms with Crippen molar-refractivity contribution in [1.82, 2.24) is 10.2 Å². The molecule has 0 bridgehead atoms. The van der Waals surface area contributed by atoms with Crippen LogP contribution in [0.3, 0.4) is 0 Å². The molecule has 2 rings (SSSR count). The van der Waals surface area contributed by atoms with Gasteiger partial charge in [-0.15, -0.1) is 6.42 Å². The monoisotopic (exact) mass is 234 g/mol. The topological polar surface area (TPSA) is 15.3 Å². The molecule has 0 aromatic carbocycles. The summed E-state index contributed by atoms with van der Waals surface area (Å²) < 4.78 is 0. The second-order valence-corrected chi connectivity index (χ2v) is 5.71. The second-order valence-electron chi connectivity index (χ2n) is 5.71. The van der Waals surface area contributed by atoms with Crippen molar-refractivity contribution in [3.05, 3.63) is 0 Å². The fraction of sp³-hybridized carbons (Fsp3) is 0.867. The van der Waals surface area contributed by atoms with E-state index in [1.165, 1.54) is 58.2 Å². The van der Waals surface area contributed by atoms with E-state index >= 15 is 0 Å². The highest BCUT2D eigenvalue weighted by atomic mass is 15.2. The Morgan fingerprint density at radius 3 is 2.76 bits per heavy atom. The fourth-order valence-electron chi connectivity index (χ4n) is 3.46. The van der Waals surface area contributed by atoms with Crippen molar-refractivity contribution in [3.63, 3.8) is 0 Å². The van der Waals surface area contributed by atoms with Gasteiger partial charge in [0.15, 0.2) is 0 Å². The lowest BCUT2D eigenvalue weighted by Crippen LogP contribution is -2.51. The van der Waals surface area contributed by atoms with E-state index in [0.29, 0.717) is 11.6 Å². The van der Waals surface area contributed by atoms with Crippen molar-refractivity contribution >= 4 is 0 Å². The molecule has 17 heavy (non-hydrogen) atoms. The largest absolute Gasteiger partial charge is 0.310 e. The van der Waals surface area contributed by atoms with Gasteiger partial charge in [-0.05, 0) is 32.2 Å². The average molecular weight is 234 g/mol. The lowest BCUT2D eigenvalue weighted by Gasteiger charge is -2.35. The van der Waals surface area contributed by atoms with Gasteiger partial charge in [0, 0.05) is 18.6 Å². The molecule has 1 saturated carbocycles. The van der Waals surface area contributed by atoms with Crippen LogP contribution in [0.2, 0.25) is 0 Å². The van der Waals surface area contributed by atoms with E-state index in [2.05, 4.69) is 23.1 Å². The van der Waals surface area contributed by atoms with Gasteiger partial charge < -0.3 is 5.32 Å². The maximum atomic E-state index is 5.72. The first-order valence-electron chi connectivity index (χ1n) is 7.25. The number of terminal acetylenes is 1. The van der Waals surface area contributed by atoms with Crippen molar-refractivity contribution in [2.24, 2.45) is 0 Å². The van der Waals surface area contributed by atoms with E-state index in [-0.39, 0.29) is 0 Å². The van der Waals surface area contributed by atoms with Crippen LogP contribution >= 0.6 is 0 Å². The van der Waals surface area contributed by atoms with Crippen LogP contribution in [0.1, 0.15) is 51.9 Å². The van der Waals surface area contributed by atoms with Crippen molar-refractivity contribution in [1.29, 1.82) is 0 Å². The number of nitrogens with one attached hydrogen (secondary N) is 1. The van der Waals surface area contributed by atoms with Gasteiger partial charge in [-0.3, -0.25) is 4.90 Å². The molecule has 2 fully saturated rings. The van der Waals surface area contributed by atoms with E-state index in [1.807, 2.05) is 0 Å². The van der Waals surface area contributed by atoms with E-state index in [9.17, 15) is 0 Å². The van der Waals surface area contributed by atoms with E-state index in [0.717, 1.165) is 6.42 Å². The molecule has 1 aliphatic carbocycles. The summed E-state index contributed by atoms with van der Waals surface area (Å²) in [4.78, 5) is 2.56. The molecule has 96 valence electrons. The van der Waals surface area contributed by atoms with Gasteiger partial charge >= 0.3 is 0 Å². The summed E-state index contributed by atoms with van der Waals surface area (Å²) in [6.07, 6.45) is 14.7. The van der Waals surface area contributed by atoms with Gasteiger partial charge in [-0.1, -0.05) is 32.1 Å². The minimum absolute atomic E-state index is 0.359. The van der Waals surface area contributed by atoms with Crippen LogP contribution in [0.25, 0.3) is 0 Å². The molecule has 1 N–H and O–H groups in total. The quantitative estimate of drug-likeness (QED) is 0.754. The number of hydrogen-bond donors (Lipinski definition) is 1. The van der Waals surface area contributed by atoms with Gasteiger partial charge in [0.25, 0.3) is 0 Å². The Labute approximate surface area is 106 Å². The molecule has 1 spiro atoms. The van der Waals surface area contributed by atoms with Crippen LogP contribution in [0.5, 0.6) is 0 Å². The zero-order chi connectivity index (χ0) is 12.1. The zero-order valence-corrected chi connectivity index (χ0v) is 11.2. The third-order valence-electron chi connectivity index (χ3n) is 4.38. The summed E-state index contributed by atoms with van der Waals surface area (Å²) in [5.41, 5.74) is 0.388. The van der Waals surface area contributed by atoms with Crippen LogP contribution in [-0.4, -0.2) is 36.1 Å². The predicted octanol–water partition coefficient (Wildman–Crippen LogP) is 2.40. The van der Waals surface area contributed by atoms with Crippen molar-refractivity contribution in [3.8, 4) is 12.3 Å². The molecule has 1 saturated heterocycles. The summed E-state index contributed by atoms with van der Waals surface area (Å²) in [7, 11) is 0. The van der Waals surface area contributed by atoms with Gasteiger partial charge in [0.1, 0.15) is 0 Å². The SMILES string of the molecule is C#CC(CCC)N1CCCNC2(CCCC2)C1. The van der Waals surface area contributed by atoms with Crippen molar-refractivity contribution in [2.75, 3.05) is 19.6 Å². The van der Waals surface area contributed by atoms with Crippen molar-refractivity contribution in [2.45, 2.75) is 63.5 Å². The minimum atomic E-state index is 0.359. The molecule has 1 heterocycles. The summed E-state index contributed by atoms with van der Waals surface area (Å²) >= 11 is 0. The summed E-state index contributed by atoms with van der Waals surface area (Å²) in [5.74, 6) is 3.00. The summed E-state index contributed by atoms with van der Waals surface area (Å²) in [5, 5.41) is 3.80. The highest BCUT2D eigenvalue weighted by molar-refractivity contribution is 5.04. The Bertz CT molecular complexity index is 273. The Kier molecular flexibility index (Phi) is 4.48. The molecular weight excluding hydrogens is 208 g/mol. The molecule has 1 aliphatic heterocycles. The highest BCUT2D eigenvalue weighted by Crippen LogP contribution is 2.32. The van der Waals surface area contributed by atoms with Gasteiger partial charge in [0.2, 0.25) is 0 Å². The minimum Gasteiger partial charge on any atom is -0.310 e. The third kappa shape index (κ3) is 3.03. The van der Waals surface area contributed by atoms with Crippen LogP contribution < -0.4 is 5.32 Å². The van der Waals surface area contributed by atoms with Crippen LogP contribution in [0.4, 0.5) is 0 Å². The maximum Gasteiger partial charge on any atom is 0.0712 e. The first-order chi connectivity index (χ1) is 8.29. The smallest absolute Gasteiger partial charge is 0.0712 e. The standard InChI is InChI=1S/C15H26N2/c1-3-8-14(4-2)17-12-7-11-16-15(13-17)9-5-6-10-15/h2,14,16H,3,5-13H2,1H3. The summed E-state index contributed by atoms with van der Waals surface area (Å²) in [6, 6.07) is 0.359. The van der Waals surface area contributed by atoms with E-state index in [4.69, 9.17) is 6.42 Å². The molecule has 0 aromatic rings. The van der Waals surface area contributed by atoms with Crippen LogP contribution in [0.15, 0.2) is 0 Å². The van der Waals surface area contributed by atoms with Crippen molar-refractivity contribution < 1.29 is 0 Å². The number of nitrogens with zero attached hydrogens (tertiary/aromatic N) is 1.